The number of carbonyl (C=O) groups excluding carboxylic acids is 2. The highest BCUT2D eigenvalue weighted by molar-refractivity contribution is 6.20. The molecule has 25 heavy (non-hydrogen) atoms. The van der Waals surface area contributed by atoms with E-state index in [9.17, 15) is 9.59 Å². The van der Waals surface area contributed by atoms with Gasteiger partial charge in [-0.2, -0.15) is 9.36 Å². The van der Waals surface area contributed by atoms with E-state index >= 15 is 0 Å². The van der Waals surface area contributed by atoms with Gasteiger partial charge in [0.15, 0.2) is 5.69 Å². The minimum Gasteiger partial charge on any atom is -0.494 e. The molecule has 2 aliphatic rings. The van der Waals surface area contributed by atoms with Gasteiger partial charge in [0.1, 0.15) is 18.5 Å². The third-order valence-electron chi connectivity index (χ3n) is 4.87. The zero-order valence-electron chi connectivity index (χ0n) is 14.5. The molecule has 0 fully saturated rings. The summed E-state index contributed by atoms with van der Waals surface area (Å²) in [4.78, 5) is 27.2. The molecule has 2 amide bonds. The molecular formula is C19H21N3O3+2. The number of amides is 2. The van der Waals surface area contributed by atoms with E-state index in [1.165, 1.54) is 4.90 Å². The molecule has 4 rings (SSSR count). The first kappa shape index (κ1) is 15.7. The molecule has 0 atom stereocenters. The molecule has 2 heterocycles. The molecule has 6 nitrogen and oxygen atoms in total. The zero-order chi connectivity index (χ0) is 17.6. The molecule has 0 bridgehead atoms. The van der Waals surface area contributed by atoms with Gasteiger partial charge in [0.05, 0.1) is 6.61 Å². The normalized spacial score (nSPS) is 16.0. The van der Waals surface area contributed by atoms with Crippen LogP contribution in [0.3, 0.4) is 0 Å². The Morgan fingerprint density at radius 2 is 1.76 bits per heavy atom. The van der Waals surface area contributed by atoms with Crippen molar-refractivity contribution in [2.75, 3.05) is 11.5 Å². The molecule has 0 saturated carbocycles. The maximum absolute atomic E-state index is 13.0. The monoisotopic (exact) mass is 339 g/mol. The molecule has 0 saturated heterocycles. The van der Waals surface area contributed by atoms with Crippen molar-refractivity contribution in [1.29, 1.82) is 0 Å². The Labute approximate surface area is 146 Å². The van der Waals surface area contributed by atoms with Gasteiger partial charge in [-0.05, 0) is 44.0 Å². The van der Waals surface area contributed by atoms with Gasteiger partial charge in [0, 0.05) is 12.8 Å². The maximum atomic E-state index is 13.0. The van der Waals surface area contributed by atoms with Crippen molar-refractivity contribution >= 4 is 17.6 Å². The number of ether oxygens (including phenoxy) is 1. The maximum Gasteiger partial charge on any atom is 0.512 e. The van der Waals surface area contributed by atoms with Crippen molar-refractivity contribution in [3.63, 3.8) is 0 Å². The highest BCUT2D eigenvalue weighted by Gasteiger charge is 2.51. The molecule has 128 valence electrons. The van der Waals surface area contributed by atoms with Crippen molar-refractivity contribution in [2.45, 2.75) is 32.6 Å². The highest BCUT2D eigenvalue weighted by atomic mass is 16.5. The summed E-state index contributed by atoms with van der Waals surface area (Å²) < 4.78 is 9.03. The van der Waals surface area contributed by atoms with E-state index in [0.29, 0.717) is 18.0 Å². The standard InChI is InChI=1S/C19H21N3O3/c1-3-25-14-10-8-13(9-11-14)21-18(23)17-12-20(2)15-6-4-5-7-16(15)22(17)19(21)24/h8-12H,3-7H2,1-2H3/q+2. The van der Waals surface area contributed by atoms with Crippen LogP contribution in [-0.2, 0) is 19.9 Å². The quantitative estimate of drug-likeness (QED) is 0.800. The van der Waals surface area contributed by atoms with E-state index in [1.807, 2.05) is 18.5 Å². The van der Waals surface area contributed by atoms with Crippen LogP contribution in [0.5, 0.6) is 5.75 Å². The van der Waals surface area contributed by atoms with Gasteiger partial charge in [-0.1, -0.05) is 0 Å². The molecule has 0 unspecified atom stereocenters. The Morgan fingerprint density at radius 3 is 2.44 bits per heavy atom. The van der Waals surface area contributed by atoms with Gasteiger partial charge >= 0.3 is 11.9 Å². The number of aromatic nitrogens is 2. The molecular weight excluding hydrogens is 318 g/mol. The molecule has 2 aromatic rings. The van der Waals surface area contributed by atoms with E-state index in [-0.39, 0.29) is 11.9 Å². The second-order valence-electron chi connectivity index (χ2n) is 6.41. The average Bonchev–Trinajstić information content (AvgIpc) is 2.87. The Hall–Kier alpha value is -2.76. The molecule has 1 aromatic carbocycles. The van der Waals surface area contributed by atoms with Gasteiger partial charge in [-0.25, -0.2) is 4.79 Å². The second-order valence-corrected chi connectivity index (χ2v) is 6.41. The Balaban J connectivity index is 1.78. The largest absolute Gasteiger partial charge is 0.512 e. The van der Waals surface area contributed by atoms with E-state index in [4.69, 9.17) is 4.74 Å². The number of imide groups is 1. The summed E-state index contributed by atoms with van der Waals surface area (Å²) in [6.45, 7) is 2.49. The Morgan fingerprint density at radius 1 is 1.08 bits per heavy atom. The van der Waals surface area contributed by atoms with Gasteiger partial charge in [0.2, 0.25) is 11.9 Å². The number of carbonyl (C=O) groups is 2. The van der Waals surface area contributed by atoms with Crippen LogP contribution in [0, 0.1) is 0 Å². The van der Waals surface area contributed by atoms with E-state index in [2.05, 4.69) is 0 Å². The summed E-state index contributed by atoms with van der Waals surface area (Å²) in [5, 5.41) is 0. The number of rotatable bonds is 3. The first-order chi connectivity index (χ1) is 12.1. The second kappa shape index (κ2) is 5.95. The third kappa shape index (κ3) is 2.40. The summed E-state index contributed by atoms with van der Waals surface area (Å²) in [6, 6.07) is 6.77. The lowest BCUT2D eigenvalue weighted by molar-refractivity contribution is -0.707. The SMILES string of the molecule is CCOc1ccc(N2C(=O)c3c[n+](C)c4c([n+]3C2=O)CCCC4)cc1. The zero-order valence-corrected chi connectivity index (χ0v) is 14.5. The predicted molar refractivity (Wildman–Crippen MR) is 89.7 cm³/mol. The van der Waals surface area contributed by atoms with Crippen molar-refractivity contribution in [3.05, 3.63) is 47.5 Å². The number of aryl methyl sites for hydroxylation is 1. The molecule has 1 aromatic heterocycles. The van der Waals surface area contributed by atoms with Crippen LogP contribution in [0.2, 0.25) is 0 Å². The van der Waals surface area contributed by atoms with Gasteiger partial charge < -0.3 is 4.74 Å². The van der Waals surface area contributed by atoms with Gasteiger partial charge in [0.25, 0.3) is 5.69 Å². The van der Waals surface area contributed by atoms with E-state index in [1.54, 1.807) is 35.0 Å². The lowest BCUT2D eigenvalue weighted by Gasteiger charge is -2.12. The Kier molecular flexibility index (Phi) is 3.75. The van der Waals surface area contributed by atoms with Crippen molar-refractivity contribution in [3.8, 4) is 5.75 Å². The number of benzene rings is 1. The van der Waals surface area contributed by atoms with Crippen LogP contribution in [0.15, 0.2) is 30.5 Å². The van der Waals surface area contributed by atoms with Crippen molar-refractivity contribution in [1.82, 2.24) is 0 Å². The molecule has 1 aliphatic carbocycles. The van der Waals surface area contributed by atoms with Crippen LogP contribution >= 0.6 is 0 Å². The molecule has 6 heteroatoms. The van der Waals surface area contributed by atoms with Crippen LogP contribution in [0.1, 0.15) is 41.6 Å². The van der Waals surface area contributed by atoms with Crippen LogP contribution < -0.4 is 18.8 Å². The summed E-state index contributed by atoms with van der Waals surface area (Å²) in [5.41, 5.74) is 3.11. The lowest BCUT2D eigenvalue weighted by Crippen LogP contribution is -2.54. The van der Waals surface area contributed by atoms with Crippen molar-refractivity contribution < 1.29 is 23.5 Å². The number of anilines is 1. The number of hydrogen-bond donors (Lipinski definition) is 0. The van der Waals surface area contributed by atoms with Gasteiger partial charge in [-0.3, -0.25) is 0 Å². The fraction of sp³-hybridized carbons (Fsp3) is 0.368. The average molecular weight is 339 g/mol. The number of fused-ring (bicyclic) bond motifs is 3. The summed E-state index contributed by atoms with van der Waals surface area (Å²) in [6.07, 6.45) is 5.70. The predicted octanol–water partition coefficient (Wildman–Crippen LogP) is 1.70. The molecule has 0 N–H and O–H groups in total. The van der Waals surface area contributed by atoms with Crippen LogP contribution in [0.25, 0.3) is 0 Å². The van der Waals surface area contributed by atoms with Crippen molar-refractivity contribution in [2.24, 2.45) is 7.05 Å². The molecule has 0 spiro atoms. The Bertz CT molecular complexity index is 874. The number of nitrogens with zero attached hydrogens (tertiary/aromatic N) is 3. The summed E-state index contributed by atoms with van der Waals surface area (Å²) in [7, 11) is 1.95. The molecule has 0 radical (unpaired) electrons. The highest BCUT2D eigenvalue weighted by Crippen LogP contribution is 2.25. The van der Waals surface area contributed by atoms with E-state index in [0.717, 1.165) is 42.8 Å². The fourth-order valence-electron chi connectivity index (χ4n) is 3.72. The first-order valence-electron chi connectivity index (χ1n) is 8.70. The lowest BCUT2D eigenvalue weighted by atomic mass is 9.99. The van der Waals surface area contributed by atoms with E-state index < -0.39 is 0 Å². The topological polar surface area (TPSA) is 54.4 Å². The number of hydrogen-bond acceptors (Lipinski definition) is 3. The van der Waals surface area contributed by atoms with Crippen LogP contribution in [-0.4, -0.2) is 18.5 Å². The molecule has 1 aliphatic heterocycles. The summed E-state index contributed by atoms with van der Waals surface area (Å²) in [5.74, 6) is 0.442. The van der Waals surface area contributed by atoms with Crippen LogP contribution in [0.4, 0.5) is 10.5 Å². The summed E-state index contributed by atoms with van der Waals surface area (Å²) >= 11 is 0. The minimum absolute atomic E-state index is 0.280. The minimum atomic E-state index is -0.289. The third-order valence-corrected chi connectivity index (χ3v) is 4.87. The fourth-order valence-corrected chi connectivity index (χ4v) is 3.72. The first-order valence-corrected chi connectivity index (χ1v) is 8.70. The smallest absolute Gasteiger partial charge is 0.494 e. The van der Waals surface area contributed by atoms with Gasteiger partial charge in [-0.15, -0.1) is 9.47 Å².